The van der Waals surface area contributed by atoms with Gasteiger partial charge in [0.2, 0.25) is 0 Å². The summed E-state index contributed by atoms with van der Waals surface area (Å²) in [7, 11) is 1.76. The lowest BCUT2D eigenvalue weighted by Gasteiger charge is -2.02. The summed E-state index contributed by atoms with van der Waals surface area (Å²) in [5.41, 5.74) is 1.76. The van der Waals surface area contributed by atoms with E-state index in [2.05, 4.69) is 5.10 Å². The highest BCUT2D eigenvalue weighted by atomic mass is 35.5. The number of hydrogen-bond acceptors (Lipinski definition) is 2. The van der Waals surface area contributed by atoms with Gasteiger partial charge in [-0.05, 0) is 25.1 Å². The van der Waals surface area contributed by atoms with Crippen LogP contribution in [0.1, 0.15) is 11.3 Å². The summed E-state index contributed by atoms with van der Waals surface area (Å²) in [6.07, 6.45) is 0. The van der Waals surface area contributed by atoms with Gasteiger partial charge in [-0.3, -0.25) is 4.68 Å². The van der Waals surface area contributed by atoms with Crippen molar-refractivity contribution in [3.63, 3.8) is 0 Å². The van der Waals surface area contributed by atoms with Gasteiger partial charge in [0.25, 0.3) is 0 Å². The SMILES string of the molecule is Cc1nn(C)c(Cl)c1CSc1ccc(F)c(F)c1. The standard InChI is InChI=1S/C12H11ClF2N2S/c1-7-9(12(13)17(2)16-7)6-18-8-3-4-10(14)11(15)5-8/h3-5H,6H2,1-2H3. The van der Waals surface area contributed by atoms with Gasteiger partial charge in [0, 0.05) is 23.3 Å². The van der Waals surface area contributed by atoms with Crippen molar-refractivity contribution in [3.8, 4) is 0 Å². The molecule has 0 saturated heterocycles. The van der Waals surface area contributed by atoms with E-state index in [1.807, 2.05) is 6.92 Å². The van der Waals surface area contributed by atoms with Crippen molar-refractivity contribution in [1.82, 2.24) is 9.78 Å². The van der Waals surface area contributed by atoms with Gasteiger partial charge in [-0.15, -0.1) is 11.8 Å². The molecule has 2 aromatic rings. The van der Waals surface area contributed by atoms with Gasteiger partial charge in [0.15, 0.2) is 11.6 Å². The third-order valence-corrected chi connectivity index (χ3v) is 4.04. The van der Waals surface area contributed by atoms with Crippen molar-refractivity contribution in [2.24, 2.45) is 7.05 Å². The number of hydrogen-bond donors (Lipinski definition) is 0. The zero-order valence-electron chi connectivity index (χ0n) is 9.88. The van der Waals surface area contributed by atoms with E-state index in [4.69, 9.17) is 11.6 Å². The van der Waals surface area contributed by atoms with Gasteiger partial charge in [0.05, 0.1) is 5.69 Å². The highest BCUT2D eigenvalue weighted by Gasteiger charge is 2.12. The second-order valence-electron chi connectivity index (χ2n) is 3.84. The Kier molecular flexibility index (Phi) is 3.92. The first-order chi connectivity index (χ1) is 8.49. The molecule has 0 N–H and O–H groups in total. The first-order valence-electron chi connectivity index (χ1n) is 5.25. The summed E-state index contributed by atoms with van der Waals surface area (Å²) in [5, 5.41) is 4.76. The summed E-state index contributed by atoms with van der Waals surface area (Å²) in [5.74, 6) is -1.10. The fourth-order valence-corrected chi connectivity index (χ4v) is 2.89. The van der Waals surface area contributed by atoms with Crippen molar-refractivity contribution in [1.29, 1.82) is 0 Å². The van der Waals surface area contributed by atoms with Crippen LogP contribution in [0.5, 0.6) is 0 Å². The molecule has 0 aliphatic carbocycles. The summed E-state index contributed by atoms with van der Waals surface area (Å²) < 4.78 is 27.4. The monoisotopic (exact) mass is 288 g/mol. The third-order valence-electron chi connectivity index (χ3n) is 2.54. The van der Waals surface area contributed by atoms with Crippen LogP contribution < -0.4 is 0 Å². The molecule has 96 valence electrons. The molecule has 6 heteroatoms. The van der Waals surface area contributed by atoms with Crippen LogP contribution in [0.15, 0.2) is 23.1 Å². The molecule has 1 aromatic heterocycles. The number of halogens is 3. The van der Waals surface area contributed by atoms with E-state index in [-0.39, 0.29) is 0 Å². The van der Waals surface area contributed by atoms with Crippen molar-refractivity contribution in [2.75, 3.05) is 0 Å². The van der Waals surface area contributed by atoms with Crippen LogP contribution in [0.25, 0.3) is 0 Å². The van der Waals surface area contributed by atoms with Gasteiger partial charge >= 0.3 is 0 Å². The van der Waals surface area contributed by atoms with E-state index in [0.29, 0.717) is 15.8 Å². The topological polar surface area (TPSA) is 17.8 Å². The zero-order valence-corrected chi connectivity index (χ0v) is 11.4. The minimum atomic E-state index is -0.839. The Bertz CT molecular complexity index is 584. The first kappa shape index (κ1) is 13.4. The van der Waals surface area contributed by atoms with Crippen molar-refractivity contribution in [2.45, 2.75) is 17.6 Å². The number of thioether (sulfide) groups is 1. The average molecular weight is 289 g/mol. The molecule has 1 aromatic carbocycles. The lowest BCUT2D eigenvalue weighted by Crippen LogP contribution is -1.89. The maximum atomic E-state index is 13.0. The molecular weight excluding hydrogens is 278 g/mol. The Morgan fingerprint density at radius 3 is 2.61 bits per heavy atom. The maximum Gasteiger partial charge on any atom is 0.159 e. The van der Waals surface area contributed by atoms with Gasteiger partial charge in [-0.1, -0.05) is 11.6 Å². The van der Waals surface area contributed by atoms with Gasteiger partial charge in [0.1, 0.15) is 5.15 Å². The summed E-state index contributed by atoms with van der Waals surface area (Å²) in [4.78, 5) is 0.660. The van der Waals surface area contributed by atoms with Crippen LogP contribution in [0.3, 0.4) is 0 Å². The zero-order chi connectivity index (χ0) is 13.3. The van der Waals surface area contributed by atoms with E-state index < -0.39 is 11.6 Å². The fourth-order valence-electron chi connectivity index (χ4n) is 1.56. The van der Waals surface area contributed by atoms with Crippen LogP contribution in [-0.4, -0.2) is 9.78 Å². The van der Waals surface area contributed by atoms with E-state index in [1.165, 1.54) is 17.8 Å². The normalized spacial score (nSPS) is 10.9. The number of benzene rings is 1. The lowest BCUT2D eigenvalue weighted by atomic mass is 10.3. The molecule has 0 spiro atoms. The Morgan fingerprint density at radius 2 is 2.06 bits per heavy atom. The molecule has 0 fully saturated rings. The molecule has 2 nitrogen and oxygen atoms in total. The predicted octanol–water partition coefficient (Wildman–Crippen LogP) is 3.95. The van der Waals surface area contributed by atoms with E-state index >= 15 is 0 Å². The predicted molar refractivity (Wildman–Crippen MR) is 68.9 cm³/mol. The van der Waals surface area contributed by atoms with Crippen molar-refractivity contribution in [3.05, 3.63) is 46.2 Å². The molecule has 0 unspecified atom stereocenters. The first-order valence-corrected chi connectivity index (χ1v) is 6.61. The molecule has 0 bridgehead atoms. The molecule has 0 radical (unpaired) electrons. The smallest absolute Gasteiger partial charge is 0.159 e. The molecular formula is C12H11ClF2N2S. The minimum Gasteiger partial charge on any atom is -0.257 e. The van der Waals surface area contributed by atoms with E-state index in [0.717, 1.165) is 17.3 Å². The molecule has 1 heterocycles. The largest absolute Gasteiger partial charge is 0.257 e. The van der Waals surface area contributed by atoms with Crippen LogP contribution in [0.2, 0.25) is 5.15 Å². The lowest BCUT2D eigenvalue weighted by molar-refractivity contribution is 0.506. The maximum absolute atomic E-state index is 13.0. The van der Waals surface area contributed by atoms with Gasteiger partial charge in [-0.25, -0.2) is 8.78 Å². The number of nitrogens with zero attached hydrogens (tertiary/aromatic N) is 2. The average Bonchev–Trinajstić information content (AvgIpc) is 2.56. The fraction of sp³-hybridized carbons (Fsp3) is 0.250. The third kappa shape index (κ3) is 2.67. The number of aromatic nitrogens is 2. The van der Waals surface area contributed by atoms with Crippen LogP contribution in [-0.2, 0) is 12.8 Å². The Labute approximate surface area is 113 Å². The highest BCUT2D eigenvalue weighted by molar-refractivity contribution is 7.98. The van der Waals surface area contributed by atoms with Crippen LogP contribution in [0, 0.1) is 18.6 Å². The second-order valence-corrected chi connectivity index (χ2v) is 5.25. The molecule has 2 rings (SSSR count). The summed E-state index contributed by atoms with van der Waals surface area (Å²) in [6, 6.07) is 3.84. The van der Waals surface area contributed by atoms with Gasteiger partial charge < -0.3 is 0 Å². The molecule has 0 amide bonds. The van der Waals surface area contributed by atoms with Crippen molar-refractivity contribution < 1.29 is 8.78 Å². The minimum absolute atomic E-state index is 0.572. The quantitative estimate of drug-likeness (QED) is 0.796. The highest BCUT2D eigenvalue weighted by Crippen LogP contribution is 2.29. The molecule has 0 aliphatic rings. The number of aryl methyl sites for hydroxylation is 2. The number of rotatable bonds is 3. The summed E-state index contributed by atoms with van der Waals surface area (Å²) in [6.45, 7) is 1.87. The van der Waals surface area contributed by atoms with Crippen molar-refractivity contribution >= 4 is 23.4 Å². The molecule has 0 saturated carbocycles. The molecule has 18 heavy (non-hydrogen) atoms. The summed E-state index contributed by atoms with van der Waals surface area (Å²) >= 11 is 7.48. The Hall–Kier alpha value is -1.07. The van der Waals surface area contributed by atoms with E-state index in [9.17, 15) is 8.78 Å². The molecule has 0 atom stereocenters. The van der Waals surface area contributed by atoms with Crippen LogP contribution in [0.4, 0.5) is 8.78 Å². The Morgan fingerprint density at radius 1 is 1.33 bits per heavy atom. The second kappa shape index (κ2) is 5.28. The Balaban J connectivity index is 2.14. The van der Waals surface area contributed by atoms with Crippen LogP contribution >= 0.6 is 23.4 Å². The molecule has 0 aliphatic heterocycles. The van der Waals surface area contributed by atoms with Gasteiger partial charge in [-0.2, -0.15) is 5.10 Å². The van der Waals surface area contributed by atoms with E-state index in [1.54, 1.807) is 17.8 Å².